The molecular formula is C14H27NO. The summed E-state index contributed by atoms with van der Waals surface area (Å²) in [6.45, 7) is 10.2. The number of piperidine rings is 1. The molecule has 16 heavy (non-hydrogen) atoms. The fourth-order valence-electron chi connectivity index (χ4n) is 3.48. The molecule has 0 radical (unpaired) electrons. The van der Waals surface area contributed by atoms with Crippen LogP contribution in [0.4, 0.5) is 0 Å². The predicted molar refractivity (Wildman–Crippen MR) is 67.4 cm³/mol. The van der Waals surface area contributed by atoms with Crippen LogP contribution in [-0.4, -0.2) is 34.7 Å². The van der Waals surface area contributed by atoms with E-state index in [1.165, 1.54) is 25.8 Å². The SMILES string of the molecule is CC1CCC(C)N(C2CCC(C)(C)C2O)C1. The Morgan fingerprint density at radius 2 is 1.81 bits per heavy atom. The van der Waals surface area contributed by atoms with Crippen LogP contribution in [0.2, 0.25) is 0 Å². The van der Waals surface area contributed by atoms with Gasteiger partial charge in [0.15, 0.2) is 0 Å². The van der Waals surface area contributed by atoms with Crippen molar-refractivity contribution in [1.29, 1.82) is 0 Å². The molecule has 0 amide bonds. The van der Waals surface area contributed by atoms with Gasteiger partial charge in [0.05, 0.1) is 6.10 Å². The molecule has 0 bridgehead atoms. The molecule has 1 heterocycles. The molecule has 0 aromatic heterocycles. The van der Waals surface area contributed by atoms with Crippen LogP contribution >= 0.6 is 0 Å². The average molecular weight is 225 g/mol. The smallest absolute Gasteiger partial charge is 0.0746 e. The summed E-state index contributed by atoms with van der Waals surface area (Å²) in [5.41, 5.74) is 0.116. The van der Waals surface area contributed by atoms with Gasteiger partial charge in [-0.15, -0.1) is 0 Å². The van der Waals surface area contributed by atoms with Gasteiger partial charge in [-0.25, -0.2) is 0 Å². The zero-order chi connectivity index (χ0) is 11.9. The highest BCUT2D eigenvalue weighted by Gasteiger charge is 2.45. The predicted octanol–water partition coefficient (Wildman–Crippen LogP) is 2.66. The molecule has 2 rings (SSSR count). The van der Waals surface area contributed by atoms with Gasteiger partial charge in [0, 0.05) is 18.6 Å². The van der Waals surface area contributed by atoms with E-state index in [4.69, 9.17) is 0 Å². The summed E-state index contributed by atoms with van der Waals surface area (Å²) < 4.78 is 0. The lowest BCUT2D eigenvalue weighted by atomic mass is 9.87. The third-order valence-corrected chi connectivity index (χ3v) is 4.84. The van der Waals surface area contributed by atoms with Crippen molar-refractivity contribution in [2.75, 3.05) is 6.54 Å². The summed E-state index contributed by atoms with van der Waals surface area (Å²) in [5.74, 6) is 0.798. The lowest BCUT2D eigenvalue weighted by Crippen LogP contribution is -2.51. The first-order valence-electron chi connectivity index (χ1n) is 6.85. The first kappa shape index (κ1) is 12.4. The Morgan fingerprint density at radius 3 is 2.38 bits per heavy atom. The summed E-state index contributed by atoms with van der Waals surface area (Å²) in [7, 11) is 0. The van der Waals surface area contributed by atoms with E-state index < -0.39 is 0 Å². The van der Waals surface area contributed by atoms with Crippen LogP contribution in [0.15, 0.2) is 0 Å². The van der Waals surface area contributed by atoms with Crippen LogP contribution in [0, 0.1) is 11.3 Å². The summed E-state index contributed by atoms with van der Waals surface area (Å²) in [6.07, 6.45) is 4.84. The largest absolute Gasteiger partial charge is 0.391 e. The molecule has 1 N–H and O–H groups in total. The second-order valence-corrected chi connectivity index (χ2v) is 6.77. The summed E-state index contributed by atoms with van der Waals surface area (Å²) in [5, 5.41) is 10.4. The minimum Gasteiger partial charge on any atom is -0.391 e. The summed E-state index contributed by atoms with van der Waals surface area (Å²) >= 11 is 0. The van der Waals surface area contributed by atoms with Crippen LogP contribution in [0.25, 0.3) is 0 Å². The monoisotopic (exact) mass is 225 g/mol. The molecule has 2 fully saturated rings. The Morgan fingerprint density at radius 1 is 1.12 bits per heavy atom. The molecule has 0 aromatic carbocycles. The molecule has 2 aliphatic rings. The van der Waals surface area contributed by atoms with Gasteiger partial charge in [-0.1, -0.05) is 20.8 Å². The maximum atomic E-state index is 10.4. The number of rotatable bonds is 1. The molecule has 2 nitrogen and oxygen atoms in total. The topological polar surface area (TPSA) is 23.5 Å². The fraction of sp³-hybridized carbons (Fsp3) is 1.00. The van der Waals surface area contributed by atoms with E-state index >= 15 is 0 Å². The van der Waals surface area contributed by atoms with Crippen LogP contribution in [0.3, 0.4) is 0 Å². The Labute approximate surface area is 100 Å². The van der Waals surface area contributed by atoms with Gasteiger partial charge in [-0.2, -0.15) is 0 Å². The average Bonchev–Trinajstić information content (AvgIpc) is 2.47. The minimum atomic E-state index is -0.139. The number of nitrogens with zero attached hydrogens (tertiary/aromatic N) is 1. The van der Waals surface area contributed by atoms with E-state index in [0.717, 1.165) is 12.3 Å². The number of hydrogen-bond donors (Lipinski definition) is 1. The van der Waals surface area contributed by atoms with Crippen molar-refractivity contribution >= 4 is 0 Å². The Kier molecular flexibility index (Phi) is 3.33. The molecule has 94 valence electrons. The molecule has 1 saturated carbocycles. The number of likely N-dealkylation sites (tertiary alicyclic amines) is 1. The minimum absolute atomic E-state index is 0.116. The molecular weight excluding hydrogens is 198 g/mol. The Balaban J connectivity index is 2.07. The molecule has 1 saturated heterocycles. The second-order valence-electron chi connectivity index (χ2n) is 6.77. The first-order valence-corrected chi connectivity index (χ1v) is 6.85. The third-order valence-electron chi connectivity index (χ3n) is 4.84. The van der Waals surface area contributed by atoms with E-state index in [2.05, 4.69) is 32.6 Å². The fourth-order valence-corrected chi connectivity index (χ4v) is 3.48. The standard InChI is InChI=1S/C14H27NO/c1-10-5-6-11(2)15(9-10)12-7-8-14(3,4)13(12)16/h10-13,16H,5-9H2,1-4H3. The van der Waals surface area contributed by atoms with E-state index in [-0.39, 0.29) is 11.5 Å². The summed E-state index contributed by atoms with van der Waals surface area (Å²) in [4.78, 5) is 2.58. The Hall–Kier alpha value is -0.0800. The zero-order valence-electron chi connectivity index (χ0n) is 11.2. The van der Waals surface area contributed by atoms with Gasteiger partial charge < -0.3 is 5.11 Å². The van der Waals surface area contributed by atoms with Crippen molar-refractivity contribution in [3.05, 3.63) is 0 Å². The van der Waals surface area contributed by atoms with Gasteiger partial charge in [0.2, 0.25) is 0 Å². The second kappa shape index (κ2) is 4.30. The summed E-state index contributed by atoms with van der Waals surface area (Å²) in [6, 6.07) is 1.07. The van der Waals surface area contributed by atoms with Crippen molar-refractivity contribution < 1.29 is 5.11 Å². The van der Waals surface area contributed by atoms with E-state index in [1.807, 2.05) is 0 Å². The van der Waals surface area contributed by atoms with Crippen LogP contribution in [0.5, 0.6) is 0 Å². The van der Waals surface area contributed by atoms with Crippen molar-refractivity contribution in [3.8, 4) is 0 Å². The van der Waals surface area contributed by atoms with E-state index in [0.29, 0.717) is 12.1 Å². The maximum Gasteiger partial charge on any atom is 0.0746 e. The highest BCUT2D eigenvalue weighted by atomic mass is 16.3. The number of aliphatic hydroxyl groups excluding tert-OH is 1. The van der Waals surface area contributed by atoms with E-state index in [9.17, 15) is 5.11 Å². The molecule has 4 atom stereocenters. The number of aliphatic hydroxyl groups is 1. The highest BCUT2D eigenvalue weighted by molar-refractivity contribution is 4.98. The van der Waals surface area contributed by atoms with Gasteiger partial charge in [0.1, 0.15) is 0 Å². The lowest BCUT2D eigenvalue weighted by Gasteiger charge is -2.43. The zero-order valence-corrected chi connectivity index (χ0v) is 11.2. The van der Waals surface area contributed by atoms with E-state index in [1.54, 1.807) is 0 Å². The molecule has 0 spiro atoms. The van der Waals surface area contributed by atoms with Crippen LogP contribution in [-0.2, 0) is 0 Å². The molecule has 1 aliphatic carbocycles. The maximum absolute atomic E-state index is 10.4. The first-order chi connectivity index (χ1) is 7.42. The van der Waals surface area contributed by atoms with Crippen molar-refractivity contribution in [3.63, 3.8) is 0 Å². The van der Waals surface area contributed by atoms with Crippen molar-refractivity contribution in [2.45, 2.75) is 71.6 Å². The lowest BCUT2D eigenvalue weighted by molar-refractivity contribution is -0.0177. The molecule has 2 heteroatoms. The molecule has 0 aromatic rings. The van der Waals surface area contributed by atoms with Crippen molar-refractivity contribution in [1.82, 2.24) is 4.90 Å². The quantitative estimate of drug-likeness (QED) is 0.741. The van der Waals surface area contributed by atoms with Crippen LogP contribution < -0.4 is 0 Å². The van der Waals surface area contributed by atoms with Crippen molar-refractivity contribution in [2.24, 2.45) is 11.3 Å². The molecule has 1 aliphatic heterocycles. The Bertz CT molecular complexity index is 251. The van der Waals surface area contributed by atoms with Crippen LogP contribution in [0.1, 0.15) is 53.4 Å². The van der Waals surface area contributed by atoms with Gasteiger partial charge in [-0.05, 0) is 43.9 Å². The normalized spacial score (nSPS) is 44.8. The highest BCUT2D eigenvalue weighted by Crippen LogP contribution is 2.41. The third kappa shape index (κ3) is 2.14. The molecule has 4 unspecified atom stereocenters. The van der Waals surface area contributed by atoms with Gasteiger partial charge in [0.25, 0.3) is 0 Å². The van der Waals surface area contributed by atoms with Gasteiger partial charge >= 0.3 is 0 Å². The number of hydrogen-bond acceptors (Lipinski definition) is 2. The van der Waals surface area contributed by atoms with Gasteiger partial charge in [-0.3, -0.25) is 4.90 Å².